The molecule has 0 spiro atoms. The van der Waals surface area contributed by atoms with Crippen molar-refractivity contribution in [1.29, 1.82) is 0 Å². The fraction of sp³-hybridized carbons (Fsp3) is 0.154. The largest absolute Gasteiger partial charge is 0.463 e. The number of nitrogens with one attached hydrogen (secondary N) is 1. The zero-order chi connectivity index (χ0) is 14.7. The highest BCUT2D eigenvalue weighted by Crippen LogP contribution is 2.27. The Morgan fingerprint density at radius 1 is 1.40 bits per heavy atom. The van der Waals surface area contributed by atoms with E-state index in [1.807, 2.05) is 0 Å². The number of hydrogen-bond donors (Lipinski definition) is 1. The maximum Gasteiger partial charge on any atom is 0.373 e. The first-order valence-corrected chi connectivity index (χ1v) is 5.94. The van der Waals surface area contributed by atoms with Crippen LogP contribution in [0.3, 0.4) is 0 Å². The molecule has 106 valence electrons. The molecule has 0 aliphatic rings. The molecule has 0 radical (unpaired) electrons. The van der Waals surface area contributed by atoms with Crippen LogP contribution in [0.2, 0.25) is 5.02 Å². The minimum Gasteiger partial charge on any atom is -0.463 e. The quantitative estimate of drug-likeness (QED) is 0.877. The Kier molecular flexibility index (Phi) is 4.24. The predicted molar refractivity (Wildman–Crippen MR) is 68.7 cm³/mol. The standard InChI is InChI=1S/C13H10ClF2NO3/c1-19-13(18)11-3-2-8(20-11)6-17-12-9(14)4-7(15)5-10(12)16/h2-5,17H,6H2,1H3. The average molecular weight is 302 g/mol. The summed E-state index contributed by atoms with van der Waals surface area (Å²) in [5.41, 5.74) is -0.0379. The van der Waals surface area contributed by atoms with Gasteiger partial charge in [0, 0.05) is 6.07 Å². The van der Waals surface area contributed by atoms with Crippen molar-refractivity contribution in [2.75, 3.05) is 12.4 Å². The average Bonchev–Trinajstić information content (AvgIpc) is 2.85. The lowest BCUT2D eigenvalue weighted by Gasteiger charge is -2.08. The molecule has 0 amide bonds. The van der Waals surface area contributed by atoms with Gasteiger partial charge in [0.2, 0.25) is 5.76 Å². The monoisotopic (exact) mass is 301 g/mol. The lowest BCUT2D eigenvalue weighted by molar-refractivity contribution is 0.0563. The van der Waals surface area contributed by atoms with Crippen molar-refractivity contribution in [1.82, 2.24) is 0 Å². The van der Waals surface area contributed by atoms with Crippen LogP contribution in [0.4, 0.5) is 14.5 Å². The van der Waals surface area contributed by atoms with E-state index >= 15 is 0 Å². The summed E-state index contributed by atoms with van der Waals surface area (Å²) in [5, 5.41) is 2.59. The van der Waals surface area contributed by atoms with Crippen LogP contribution in [0.1, 0.15) is 16.3 Å². The molecule has 1 aromatic heterocycles. The molecule has 0 bridgehead atoms. The Morgan fingerprint density at radius 3 is 2.80 bits per heavy atom. The smallest absolute Gasteiger partial charge is 0.373 e. The van der Waals surface area contributed by atoms with Crippen molar-refractivity contribution < 1.29 is 22.7 Å². The molecular weight excluding hydrogens is 292 g/mol. The summed E-state index contributed by atoms with van der Waals surface area (Å²) < 4.78 is 36.1. The van der Waals surface area contributed by atoms with E-state index in [2.05, 4.69) is 10.1 Å². The van der Waals surface area contributed by atoms with Gasteiger partial charge in [0.15, 0.2) is 5.82 Å². The normalized spacial score (nSPS) is 10.4. The van der Waals surface area contributed by atoms with Crippen molar-refractivity contribution in [2.45, 2.75) is 6.54 Å². The first-order valence-electron chi connectivity index (χ1n) is 5.56. The van der Waals surface area contributed by atoms with Crippen LogP contribution in [0.25, 0.3) is 0 Å². The fourth-order valence-corrected chi connectivity index (χ4v) is 1.83. The highest BCUT2D eigenvalue weighted by Gasteiger charge is 2.13. The van der Waals surface area contributed by atoms with E-state index in [0.29, 0.717) is 5.76 Å². The Balaban J connectivity index is 2.09. The van der Waals surface area contributed by atoms with Gasteiger partial charge < -0.3 is 14.5 Å². The number of hydrogen-bond acceptors (Lipinski definition) is 4. The van der Waals surface area contributed by atoms with Gasteiger partial charge in [0.25, 0.3) is 0 Å². The van der Waals surface area contributed by atoms with Gasteiger partial charge >= 0.3 is 5.97 Å². The number of rotatable bonds is 4. The van der Waals surface area contributed by atoms with Crippen LogP contribution in [0.15, 0.2) is 28.7 Å². The highest BCUT2D eigenvalue weighted by molar-refractivity contribution is 6.33. The first kappa shape index (κ1) is 14.3. The molecule has 0 unspecified atom stereocenters. The lowest BCUT2D eigenvalue weighted by Crippen LogP contribution is -2.02. The molecule has 1 aromatic carbocycles. The number of methoxy groups -OCH3 is 1. The zero-order valence-electron chi connectivity index (χ0n) is 10.4. The van der Waals surface area contributed by atoms with Gasteiger partial charge in [-0.25, -0.2) is 13.6 Å². The van der Waals surface area contributed by atoms with Gasteiger partial charge in [-0.2, -0.15) is 0 Å². The molecule has 0 fully saturated rings. The molecule has 2 rings (SSSR count). The van der Waals surface area contributed by atoms with Crippen LogP contribution >= 0.6 is 11.6 Å². The van der Waals surface area contributed by atoms with E-state index in [9.17, 15) is 13.6 Å². The summed E-state index contributed by atoms with van der Waals surface area (Å²) in [7, 11) is 1.23. The van der Waals surface area contributed by atoms with E-state index in [-0.39, 0.29) is 23.0 Å². The topological polar surface area (TPSA) is 51.5 Å². The molecular formula is C13H10ClF2NO3. The van der Waals surface area contributed by atoms with Gasteiger partial charge in [-0.05, 0) is 18.2 Å². The van der Waals surface area contributed by atoms with Crippen molar-refractivity contribution >= 4 is 23.3 Å². The predicted octanol–water partition coefficient (Wildman–Crippen LogP) is 3.61. The second kappa shape index (κ2) is 5.92. The van der Waals surface area contributed by atoms with Crippen molar-refractivity contribution in [2.24, 2.45) is 0 Å². The minimum atomic E-state index is -0.810. The van der Waals surface area contributed by atoms with Crippen LogP contribution in [0, 0.1) is 11.6 Å². The Morgan fingerprint density at radius 2 is 2.15 bits per heavy atom. The zero-order valence-corrected chi connectivity index (χ0v) is 11.1. The van der Waals surface area contributed by atoms with Crippen LogP contribution in [-0.2, 0) is 11.3 Å². The van der Waals surface area contributed by atoms with Gasteiger partial charge in [-0.1, -0.05) is 11.6 Å². The van der Waals surface area contributed by atoms with E-state index < -0.39 is 17.6 Å². The fourth-order valence-electron chi connectivity index (χ4n) is 1.57. The summed E-state index contributed by atoms with van der Waals surface area (Å²) in [6, 6.07) is 4.69. The second-order valence-electron chi connectivity index (χ2n) is 3.86. The van der Waals surface area contributed by atoms with Crippen LogP contribution < -0.4 is 5.32 Å². The van der Waals surface area contributed by atoms with E-state index in [0.717, 1.165) is 12.1 Å². The SMILES string of the molecule is COC(=O)c1ccc(CNc2c(F)cc(F)cc2Cl)o1. The van der Waals surface area contributed by atoms with Crippen molar-refractivity contribution in [3.63, 3.8) is 0 Å². The number of halogens is 3. The van der Waals surface area contributed by atoms with Gasteiger partial charge in [-0.15, -0.1) is 0 Å². The summed E-state index contributed by atoms with van der Waals surface area (Å²) >= 11 is 5.73. The molecule has 0 saturated heterocycles. The maximum atomic E-state index is 13.5. The highest BCUT2D eigenvalue weighted by atomic mass is 35.5. The molecule has 2 aromatic rings. The summed E-state index contributed by atoms with van der Waals surface area (Å²) in [6.07, 6.45) is 0. The Hall–Kier alpha value is -2.08. The van der Waals surface area contributed by atoms with Crippen molar-refractivity contribution in [3.05, 3.63) is 52.4 Å². The number of benzene rings is 1. The summed E-state index contributed by atoms with van der Waals surface area (Å²) in [5.74, 6) is -1.76. The third kappa shape index (κ3) is 3.08. The number of anilines is 1. The van der Waals surface area contributed by atoms with E-state index in [1.54, 1.807) is 0 Å². The lowest BCUT2D eigenvalue weighted by atomic mass is 10.3. The number of carbonyl (C=O) groups is 1. The van der Waals surface area contributed by atoms with Gasteiger partial charge in [0.1, 0.15) is 11.6 Å². The maximum absolute atomic E-state index is 13.5. The van der Waals surface area contributed by atoms with Crippen molar-refractivity contribution in [3.8, 4) is 0 Å². The molecule has 1 N–H and O–H groups in total. The number of carbonyl (C=O) groups excluding carboxylic acids is 1. The van der Waals surface area contributed by atoms with Gasteiger partial charge in [-0.3, -0.25) is 0 Å². The Bertz CT molecular complexity index is 619. The second-order valence-corrected chi connectivity index (χ2v) is 4.26. The molecule has 0 aliphatic carbocycles. The minimum absolute atomic E-state index is 0.0370. The van der Waals surface area contributed by atoms with Gasteiger partial charge in [0.05, 0.1) is 24.4 Å². The molecule has 7 heteroatoms. The van der Waals surface area contributed by atoms with E-state index in [1.165, 1.54) is 19.2 Å². The molecule has 0 aliphatic heterocycles. The molecule has 0 atom stereocenters. The van der Waals surface area contributed by atoms with E-state index in [4.69, 9.17) is 16.0 Å². The molecule has 0 saturated carbocycles. The third-order valence-corrected chi connectivity index (χ3v) is 2.79. The molecule has 1 heterocycles. The first-order chi connectivity index (χ1) is 9.51. The van der Waals surface area contributed by atoms with Crippen LogP contribution in [0.5, 0.6) is 0 Å². The Labute approximate surface area is 118 Å². The third-order valence-electron chi connectivity index (χ3n) is 2.49. The summed E-state index contributed by atoms with van der Waals surface area (Å²) in [4.78, 5) is 11.2. The molecule has 4 nitrogen and oxygen atoms in total. The summed E-state index contributed by atoms with van der Waals surface area (Å²) in [6.45, 7) is 0.0826. The molecule has 20 heavy (non-hydrogen) atoms. The number of ether oxygens (including phenoxy) is 1. The van der Waals surface area contributed by atoms with Crippen LogP contribution in [-0.4, -0.2) is 13.1 Å². The number of furan rings is 1. The number of esters is 1.